The van der Waals surface area contributed by atoms with Crippen molar-refractivity contribution in [3.05, 3.63) is 53.6 Å². The normalized spacial score (nSPS) is 13.0. The van der Waals surface area contributed by atoms with Gasteiger partial charge in [-0.1, -0.05) is 6.92 Å². The quantitative estimate of drug-likeness (QED) is 0.909. The molecule has 0 aliphatic rings. The number of benzene rings is 1. The first kappa shape index (κ1) is 15.1. The number of hydrogen-bond donors (Lipinski definition) is 2. The van der Waals surface area contributed by atoms with Crippen molar-refractivity contribution in [1.82, 2.24) is 15.3 Å². The molecule has 1 heterocycles. The lowest BCUT2D eigenvalue weighted by molar-refractivity contribution is -0.137. The lowest BCUT2D eigenvalue weighted by Crippen LogP contribution is -2.28. The highest BCUT2D eigenvalue weighted by Crippen LogP contribution is 2.29. The predicted octanol–water partition coefficient (Wildman–Crippen LogP) is 3.31. The number of amides is 1. The fourth-order valence-corrected chi connectivity index (χ4v) is 1.88. The van der Waals surface area contributed by atoms with Crippen molar-refractivity contribution >= 4 is 5.91 Å². The van der Waals surface area contributed by atoms with Gasteiger partial charge in [0.25, 0.3) is 5.91 Å². The average Bonchev–Trinajstić information content (AvgIpc) is 2.97. The average molecular weight is 297 g/mol. The number of halogens is 3. The van der Waals surface area contributed by atoms with Gasteiger partial charge in [-0.3, -0.25) is 4.79 Å². The van der Waals surface area contributed by atoms with Crippen LogP contribution in [0.5, 0.6) is 0 Å². The Kier molecular flexibility index (Phi) is 4.30. The fourth-order valence-electron chi connectivity index (χ4n) is 1.88. The molecule has 2 rings (SSSR count). The van der Waals surface area contributed by atoms with Crippen molar-refractivity contribution in [2.45, 2.75) is 25.6 Å². The molecule has 0 bridgehead atoms. The number of rotatable bonds is 4. The summed E-state index contributed by atoms with van der Waals surface area (Å²) in [5.41, 5.74) is -0.606. The van der Waals surface area contributed by atoms with Crippen LogP contribution in [-0.2, 0) is 6.18 Å². The summed E-state index contributed by atoms with van der Waals surface area (Å²) in [6.07, 6.45) is -0.584. The van der Waals surface area contributed by atoms with E-state index in [2.05, 4.69) is 15.3 Å². The van der Waals surface area contributed by atoms with E-state index in [0.29, 0.717) is 12.2 Å². The number of nitrogens with one attached hydrogen (secondary N) is 2. The lowest BCUT2D eigenvalue weighted by atomic mass is 10.1. The molecule has 4 nitrogen and oxygen atoms in total. The second-order valence-electron chi connectivity index (χ2n) is 4.48. The molecule has 0 fully saturated rings. The Bertz CT molecular complexity index is 591. The molecule has 1 unspecified atom stereocenters. The molecule has 0 aliphatic heterocycles. The summed E-state index contributed by atoms with van der Waals surface area (Å²) >= 11 is 0. The standard InChI is InChI=1S/C14H14F3N3O/c1-2-11(12-18-7-8-19-12)20-13(21)9-3-5-10(6-4-9)14(15,16)17/h3-8,11H,2H2,1H3,(H,18,19)(H,20,21). The van der Waals surface area contributed by atoms with Crippen LogP contribution >= 0.6 is 0 Å². The zero-order chi connectivity index (χ0) is 15.5. The Labute approximate surface area is 119 Å². The summed E-state index contributed by atoms with van der Waals surface area (Å²) in [4.78, 5) is 19.0. The van der Waals surface area contributed by atoms with E-state index in [1.165, 1.54) is 0 Å². The van der Waals surface area contributed by atoms with Gasteiger partial charge in [-0.2, -0.15) is 13.2 Å². The number of imidazole rings is 1. The summed E-state index contributed by atoms with van der Waals surface area (Å²) in [5.74, 6) is 0.171. The molecule has 0 saturated carbocycles. The predicted molar refractivity (Wildman–Crippen MR) is 70.5 cm³/mol. The summed E-state index contributed by atoms with van der Waals surface area (Å²) in [6.45, 7) is 1.88. The van der Waals surface area contributed by atoms with Crippen LogP contribution < -0.4 is 5.32 Å². The molecule has 21 heavy (non-hydrogen) atoms. The third-order valence-corrected chi connectivity index (χ3v) is 3.04. The van der Waals surface area contributed by atoms with Crippen molar-refractivity contribution in [3.63, 3.8) is 0 Å². The van der Waals surface area contributed by atoms with Crippen LogP contribution in [0.4, 0.5) is 13.2 Å². The second kappa shape index (κ2) is 5.99. The molecule has 7 heteroatoms. The maximum Gasteiger partial charge on any atom is 0.416 e. The van der Waals surface area contributed by atoms with E-state index in [1.807, 2.05) is 6.92 Å². The van der Waals surface area contributed by atoms with Crippen LogP contribution in [0.25, 0.3) is 0 Å². The third-order valence-electron chi connectivity index (χ3n) is 3.04. The molecule has 2 aromatic rings. The maximum atomic E-state index is 12.5. The largest absolute Gasteiger partial charge is 0.416 e. The zero-order valence-corrected chi connectivity index (χ0v) is 11.2. The molecular weight excluding hydrogens is 283 g/mol. The van der Waals surface area contributed by atoms with Gasteiger partial charge in [-0.05, 0) is 30.7 Å². The summed E-state index contributed by atoms with van der Waals surface area (Å²) in [5, 5.41) is 2.73. The topological polar surface area (TPSA) is 57.8 Å². The first-order valence-corrected chi connectivity index (χ1v) is 6.39. The van der Waals surface area contributed by atoms with E-state index in [-0.39, 0.29) is 11.6 Å². The van der Waals surface area contributed by atoms with Crippen LogP contribution in [-0.4, -0.2) is 15.9 Å². The molecule has 0 radical (unpaired) electrons. The van der Waals surface area contributed by atoms with E-state index in [4.69, 9.17) is 0 Å². The van der Waals surface area contributed by atoms with E-state index in [0.717, 1.165) is 24.3 Å². The summed E-state index contributed by atoms with van der Waals surface area (Å²) < 4.78 is 37.4. The molecule has 112 valence electrons. The van der Waals surface area contributed by atoms with Gasteiger partial charge in [-0.15, -0.1) is 0 Å². The molecule has 1 aromatic carbocycles. The van der Waals surface area contributed by atoms with Crippen LogP contribution in [0, 0.1) is 0 Å². The molecule has 0 aliphatic carbocycles. The number of hydrogen-bond acceptors (Lipinski definition) is 2. The van der Waals surface area contributed by atoms with Gasteiger partial charge in [0.15, 0.2) is 0 Å². The van der Waals surface area contributed by atoms with Crippen molar-refractivity contribution in [2.24, 2.45) is 0 Å². The van der Waals surface area contributed by atoms with Crippen LogP contribution in [0.3, 0.4) is 0 Å². The Morgan fingerprint density at radius 1 is 1.33 bits per heavy atom. The van der Waals surface area contributed by atoms with Crippen molar-refractivity contribution in [3.8, 4) is 0 Å². The number of aromatic amines is 1. The Morgan fingerprint density at radius 3 is 2.48 bits per heavy atom. The monoisotopic (exact) mass is 297 g/mol. The maximum absolute atomic E-state index is 12.5. The SMILES string of the molecule is CCC(NC(=O)c1ccc(C(F)(F)F)cc1)c1ncc[nH]1. The third kappa shape index (κ3) is 3.62. The minimum absolute atomic E-state index is 0.174. The van der Waals surface area contributed by atoms with Gasteiger partial charge in [0.05, 0.1) is 11.6 Å². The molecule has 2 N–H and O–H groups in total. The van der Waals surface area contributed by atoms with Gasteiger partial charge < -0.3 is 10.3 Å². The smallest absolute Gasteiger partial charge is 0.347 e. The highest BCUT2D eigenvalue weighted by molar-refractivity contribution is 5.94. The second-order valence-corrected chi connectivity index (χ2v) is 4.48. The molecule has 0 spiro atoms. The van der Waals surface area contributed by atoms with Crippen LogP contribution in [0.2, 0.25) is 0 Å². The van der Waals surface area contributed by atoms with Gasteiger partial charge >= 0.3 is 6.18 Å². The highest BCUT2D eigenvalue weighted by Gasteiger charge is 2.30. The van der Waals surface area contributed by atoms with Crippen molar-refractivity contribution < 1.29 is 18.0 Å². The molecule has 0 saturated heterocycles. The minimum Gasteiger partial charge on any atom is -0.347 e. The summed E-state index contributed by atoms with van der Waals surface area (Å²) in [7, 11) is 0. The molecule has 1 aromatic heterocycles. The van der Waals surface area contributed by atoms with Gasteiger partial charge in [-0.25, -0.2) is 4.98 Å². The Morgan fingerprint density at radius 2 is 2.00 bits per heavy atom. The lowest BCUT2D eigenvalue weighted by Gasteiger charge is -2.15. The first-order chi connectivity index (χ1) is 9.91. The number of nitrogens with zero attached hydrogens (tertiary/aromatic N) is 1. The van der Waals surface area contributed by atoms with Crippen LogP contribution in [0.15, 0.2) is 36.7 Å². The van der Waals surface area contributed by atoms with Gasteiger partial charge in [0.1, 0.15) is 5.82 Å². The Balaban J connectivity index is 2.09. The summed E-state index contributed by atoms with van der Waals surface area (Å²) in [6, 6.07) is 3.79. The number of H-pyrrole nitrogens is 1. The fraction of sp³-hybridized carbons (Fsp3) is 0.286. The first-order valence-electron chi connectivity index (χ1n) is 6.39. The van der Waals surface area contributed by atoms with Gasteiger partial charge in [0, 0.05) is 18.0 Å². The Hall–Kier alpha value is -2.31. The van der Waals surface area contributed by atoms with E-state index >= 15 is 0 Å². The van der Waals surface area contributed by atoms with Crippen molar-refractivity contribution in [1.29, 1.82) is 0 Å². The van der Waals surface area contributed by atoms with E-state index in [9.17, 15) is 18.0 Å². The number of carbonyl (C=O) groups excluding carboxylic acids is 1. The zero-order valence-electron chi connectivity index (χ0n) is 11.2. The minimum atomic E-state index is -4.41. The van der Waals surface area contributed by atoms with Crippen LogP contribution in [0.1, 0.15) is 41.1 Å². The molecule has 1 amide bonds. The van der Waals surface area contributed by atoms with E-state index < -0.39 is 17.6 Å². The number of aromatic nitrogens is 2. The number of carbonyl (C=O) groups is 1. The molecule has 1 atom stereocenters. The van der Waals surface area contributed by atoms with Crippen molar-refractivity contribution in [2.75, 3.05) is 0 Å². The molecular formula is C14H14F3N3O. The highest BCUT2D eigenvalue weighted by atomic mass is 19.4. The number of alkyl halides is 3. The van der Waals surface area contributed by atoms with Gasteiger partial charge in [0.2, 0.25) is 0 Å². The van der Waals surface area contributed by atoms with E-state index in [1.54, 1.807) is 12.4 Å².